The molecule has 0 radical (unpaired) electrons. The molecule has 1 aliphatic rings. The third-order valence-corrected chi connectivity index (χ3v) is 3.75. The first-order chi connectivity index (χ1) is 8.31. The average Bonchev–Trinajstić information content (AvgIpc) is 2.74. The van der Waals surface area contributed by atoms with Gasteiger partial charge in [0, 0.05) is 4.88 Å². The summed E-state index contributed by atoms with van der Waals surface area (Å²) in [4.78, 5) is 26.1. The standard InChI is InChI=1S/C13H17NO3S/c1-8-10(9-6-5-7-18-9)14(11(8)15)12(16)17-13(2,3)4/h5-8,10H,1-4H3/t8-,10-/m1/s1. The lowest BCUT2D eigenvalue weighted by atomic mass is 9.88. The number of β-lactam (4-membered cyclic amide) rings is 1. The second-order valence-corrected chi connectivity index (χ2v) is 6.42. The van der Waals surface area contributed by atoms with Gasteiger partial charge in [0.05, 0.1) is 12.0 Å². The highest BCUT2D eigenvalue weighted by atomic mass is 32.1. The summed E-state index contributed by atoms with van der Waals surface area (Å²) in [5, 5.41) is 1.94. The molecule has 0 aliphatic carbocycles. The van der Waals surface area contributed by atoms with E-state index in [1.165, 1.54) is 4.90 Å². The van der Waals surface area contributed by atoms with Gasteiger partial charge < -0.3 is 4.74 Å². The van der Waals surface area contributed by atoms with Crippen LogP contribution in [0.2, 0.25) is 0 Å². The monoisotopic (exact) mass is 267 g/mol. The number of thiophene rings is 1. The van der Waals surface area contributed by atoms with E-state index in [9.17, 15) is 9.59 Å². The van der Waals surface area contributed by atoms with Crippen LogP contribution < -0.4 is 0 Å². The highest BCUT2D eigenvalue weighted by Crippen LogP contribution is 2.42. The van der Waals surface area contributed by atoms with Crippen molar-refractivity contribution in [1.82, 2.24) is 4.90 Å². The van der Waals surface area contributed by atoms with Crippen LogP contribution in [0.3, 0.4) is 0 Å². The largest absolute Gasteiger partial charge is 0.443 e. The van der Waals surface area contributed by atoms with Gasteiger partial charge in [0.25, 0.3) is 0 Å². The fraction of sp³-hybridized carbons (Fsp3) is 0.538. The number of carbonyl (C=O) groups excluding carboxylic acids is 2. The molecule has 2 rings (SSSR count). The van der Waals surface area contributed by atoms with Crippen LogP contribution in [0.5, 0.6) is 0 Å². The Morgan fingerprint density at radius 3 is 2.61 bits per heavy atom. The molecule has 2 heterocycles. The molecule has 0 bridgehead atoms. The molecule has 0 N–H and O–H groups in total. The molecule has 2 atom stereocenters. The van der Waals surface area contributed by atoms with Crippen LogP contribution in [-0.2, 0) is 9.53 Å². The van der Waals surface area contributed by atoms with Gasteiger partial charge in [-0.15, -0.1) is 11.3 Å². The van der Waals surface area contributed by atoms with Crippen molar-refractivity contribution in [2.45, 2.75) is 39.3 Å². The summed E-state index contributed by atoms with van der Waals surface area (Å²) in [5.41, 5.74) is -0.587. The average molecular weight is 267 g/mol. The predicted molar refractivity (Wildman–Crippen MR) is 69.3 cm³/mol. The minimum Gasteiger partial charge on any atom is -0.443 e. The van der Waals surface area contributed by atoms with E-state index in [1.807, 2.05) is 24.4 Å². The molecule has 4 nitrogen and oxygen atoms in total. The number of carbonyl (C=O) groups is 2. The van der Waals surface area contributed by atoms with E-state index in [0.717, 1.165) is 4.88 Å². The van der Waals surface area contributed by atoms with E-state index in [-0.39, 0.29) is 17.9 Å². The Morgan fingerprint density at radius 2 is 2.11 bits per heavy atom. The van der Waals surface area contributed by atoms with Gasteiger partial charge in [-0.3, -0.25) is 4.79 Å². The molecule has 1 aliphatic heterocycles. The van der Waals surface area contributed by atoms with Gasteiger partial charge in [-0.25, -0.2) is 9.69 Å². The molecule has 0 unspecified atom stereocenters. The zero-order chi connectivity index (χ0) is 13.5. The lowest BCUT2D eigenvalue weighted by molar-refractivity contribution is -0.152. The fourth-order valence-corrected chi connectivity index (χ4v) is 2.90. The molecular formula is C13H17NO3S. The summed E-state index contributed by atoms with van der Waals surface area (Å²) >= 11 is 1.55. The number of amides is 2. The number of nitrogens with zero attached hydrogens (tertiary/aromatic N) is 1. The number of hydrogen-bond donors (Lipinski definition) is 0. The lowest BCUT2D eigenvalue weighted by Crippen LogP contribution is -2.57. The molecule has 0 saturated carbocycles. The minimum atomic E-state index is -0.587. The summed E-state index contributed by atoms with van der Waals surface area (Å²) in [6, 6.07) is 3.69. The van der Waals surface area contributed by atoms with Crippen molar-refractivity contribution < 1.29 is 14.3 Å². The molecule has 2 amide bonds. The first-order valence-electron chi connectivity index (χ1n) is 5.91. The summed E-state index contributed by atoms with van der Waals surface area (Å²) in [6.45, 7) is 7.21. The molecule has 98 valence electrons. The van der Waals surface area contributed by atoms with Crippen molar-refractivity contribution in [1.29, 1.82) is 0 Å². The summed E-state index contributed by atoms with van der Waals surface area (Å²) < 4.78 is 5.26. The quantitative estimate of drug-likeness (QED) is 0.734. The molecule has 18 heavy (non-hydrogen) atoms. The topological polar surface area (TPSA) is 46.6 Å². The molecule has 5 heteroatoms. The van der Waals surface area contributed by atoms with Crippen LogP contribution in [0.15, 0.2) is 17.5 Å². The summed E-state index contributed by atoms with van der Waals surface area (Å²) in [5.74, 6) is -0.321. The third kappa shape index (κ3) is 2.27. The van der Waals surface area contributed by atoms with Gasteiger partial charge in [0.2, 0.25) is 5.91 Å². The zero-order valence-electron chi connectivity index (χ0n) is 11.0. The molecule has 1 fully saturated rings. The molecule has 0 aromatic carbocycles. The molecule has 1 saturated heterocycles. The smallest absolute Gasteiger partial charge is 0.417 e. The highest BCUT2D eigenvalue weighted by molar-refractivity contribution is 7.10. The van der Waals surface area contributed by atoms with Crippen molar-refractivity contribution >= 4 is 23.3 Å². The zero-order valence-corrected chi connectivity index (χ0v) is 11.8. The molecule has 1 aromatic heterocycles. The second kappa shape index (κ2) is 4.39. The Morgan fingerprint density at radius 1 is 1.44 bits per heavy atom. The minimum absolute atomic E-state index is 0.156. The predicted octanol–water partition coefficient (Wildman–Crippen LogP) is 3.20. The maximum absolute atomic E-state index is 12.0. The van der Waals surface area contributed by atoms with Crippen LogP contribution in [0, 0.1) is 5.92 Å². The SMILES string of the molecule is C[C@H]1C(=O)N(C(=O)OC(C)(C)C)[C@H]1c1cccs1. The van der Waals surface area contributed by atoms with Crippen molar-refractivity contribution in [3.8, 4) is 0 Å². The van der Waals surface area contributed by atoms with Gasteiger partial charge >= 0.3 is 6.09 Å². The molecule has 0 spiro atoms. The van der Waals surface area contributed by atoms with Crippen molar-refractivity contribution in [3.05, 3.63) is 22.4 Å². The Bertz CT molecular complexity index is 461. The van der Waals surface area contributed by atoms with Gasteiger partial charge in [-0.1, -0.05) is 13.0 Å². The van der Waals surface area contributed by atoms with Crippen molar-refractivity contribution in [3.63, 3.8) is 0 Å². The fourth-order valence-electron chi connectivity index (χ4n) is 1.98. The highest BCUT2D eigenvalue weighted by Gasteiger charge is 2.50. The maximum atomic E-state index is 12.0. The first-order valence-corrected chi connectivity index (χ1v) is 6.78. The van der Waals surface area contributed by atoms with E-state index >= 15 is 0 Å². The van der Waals surface area contributed by atoms with Crippen molar-refractivity contribution in [2.75, 3.05) is 0 Å². The van der Waals surface area contributed by atoms with Crippen molar-refractivity contribution in [2.24, 2.45) is 5.92 Å². The summed E-state index contributed by atoms with van der Waals surface area (Å²) in [7, 11) is 0. The van der Waals surface area contributed by atoms with Gasteiger partial charge in [-0.2, -0.15) is 0 Å². The van der Waals surface area contributed by atoms with E-state index < -0.39 is 11.7 Å². The van der Waals surface area contributed by atoms with E-state index in [1.54, 1.807) is 32.1 Å². The van der Waals surface area contributed by atoms with Gasteiger partial charge in [0.1, 0.15) is 5.60 Å². The summed E-state index contributed by atoms with van der Waals surface area (Å²) in [6.07, 6.45) is -0.552. The Labute approximate surface area is 111 Å². The number of likely N-dealkylation sites (tertiary alicyclic amines) is 1. The Hall–Kier alpha value is -1.36. The van der Waals surface area contributed by atoms with Crippen LogP contribution >= 0.6 is 11.3 Å². The Balaban J connectivity index is 2.16. The number of imide groups is 1. The lowest BCUT2D eigenvalue weighted by Gasteiger charge is -2.43. The first kappa shape index (κ1) is 13.1. The molecular weight excluding hydrogens is 250 g/mol. The van der Waals surface area contributed by atoms with Crippen LogP contribution in [0.4, 0.5) is 4.79 Å². The van der Waals surface area contributed by atoms with Gasteiger partial charge in [0.15, 0.2) is 0 Å². The normalized spacial score (nSPS) is 23.8. The second-order valence-electron chi connectivity index (χ2n) is 5.44. The maximum Gasteiger partial charge on any atom is 0.417 e. The van der Waals surface area contributed by atoms with Gasteiger partial charge in [-0.05, 0) is 32.2 Å². The van der Waals surface area contributed by atoms with E-state index in [0.29, 0.717) is 0 Å². The third-order valence-electron chi connectivity index (χ3n) is 2.80. The van der Waals surface area contributed by atoms with Crippen LogP contribution in [0.25, 0.3) is 0 Å². The van der Waals surface area contributed by atoms with Crippen LogP contribution in [0.1, 0.15) is 38.6 Å². The Kier molecular flexibility index (Phi) is 3.19. The van der Waals surface area contributed by atoms with Crippen LogP contribution in [-0.4, -0.2) is 22.5 Å². The van der Waals surface area contributed by atoms with E-state index in [2.05, 4.69) is 0 Å². The molecule has 1 aromatic rings. The number of ether oxygens (including phenoxy) is 1. The van der Waals surface area contributed by atoms with E-state index in [4.69, 9.17) is 4.74 Å². The number of hydrogen-bond acceptors (Lipinski definition) is 4. The number of rotatable bonds is 1.